The molecule has 8 heteroatoms. The van der Waals surface area contributed by atoms with Gasteiger partial charge in [-0.1, -0.05) is 158 Å². The standard InChI is InChI=1S/C49H85NO7/c1-6-8-10-12-14-16-18-20-22-23-24-26-27-29-31-33-35-37-39-47(51)56-44-45(43-55-42-41-46(49(53)54)50(3,4)5)57-48(52)40-38-36-34-32-30-28-25-21-19-17-15-13-11-9-7-2/h15,17-24,26,45-46H,6-14,16,25,27-44H2,1-5H3/p+1/b17-15+,20-18+,21-19+,23-22+,26-24+. The molecule has 8 nitrogen and oxygen atoms in total. The molecule has 0 aliphatic rings. The van der Waals surface area contributed by atoms with Gasteiger partial charge in [-0.2, -0.15) is 0 Å². The van der Waals surface area contributed by atoms with Gasteiger partial charge in [-0.15, -0.1) is 0 Å². The van der Waals surface area contributed by atoms with Crippen LogP contribution in [0.4, 0.5) is 0 Å². The van der Waals surface area contributed by atoms with Crippen LogP contribution < -0.4 is 0 Å². The van der Waals surface area contributed by atoms with Gasteiger partial charge in [0, 0.05) is 19.3 Å². The molecule has 0 saturated heterocycles. The average molecular weight is 801 g/mol. The van der Waals surface area contributed by atoms with Gasteiger partial charge in [-0.3, -0.25) is 9.59 Å². The number of likely N-dealkylation sites (N-methyl/N-ethyl adjacent to an activating group) is 1. The molecular formula is C49H86NO7+. The van der Waals surface area contributed by atoms with Crippen molar-refractivity contribution in [3.63, 3.8) is 0 Å². The zero-order chi connectivity index (χ0) is 42.1. The zero-order valence-electron chi connectivity index (χ0n) is 37.3. The largest absolute Gasteiger partial charge is 0.477 e. The fourth-order valence-corrected chi connectivity index (χ4v) is 6.38. The number of nitrogens with zero attached hydrogens (tertiary/aromatic N) is 1. The van der Waals surface area contributed by atoms with Gasteiger partial charge in [0.15, 0.2) is 12.1 Å². The van der Waals surface area contributed by atoms with Gasteiger partial charge >= 0.3 is 17.9 Å². The topological polar surface area (TPSA) is 99.1 Å². The van der Waals surface area contributed by atoms with Crippen molar-refractivity contribution in [1.29, 1.82) is 0 Å². The number of allylic oxidation sites excluding steroid dienone is 10. The van der Waals surface area contributed by atoms with E-state index in [0.29, 0.717) is 19.3 Å². The number of hydrogen-bond acceptors (Lipinski definition) is 6. The Morgan fingerprint density at radius 1 is 0.526 bits per heavy atom. The minimum atomic E-state index is -0.882. The Kier molecular flexibility index (Phi) is 37.8. The third-order valence-electron chi connectivity index (χ3n) is 9.98. The number of carbonyl (C=O) groups is 3. The SMILES string of the molecule is CCCCC/C=C/C=C/CCCCCCCCC(=O)OC(COCCC(C(=O)O)[N+](C)(C)C)COC(=O)CCCCCCC/C=C/C=C/C=C/CCCCCCC. The van der Waals surface area contributed by atoms with Gasteiger partial charge in [-0.05, 0) is 64.2 Å². The van der Waals surface area contributed by atoms with Crippen LogP contribution in [0.15, 0.2) is 60.8 Å². The Hall–Kier alpha value is -2.97. The molecule has 0 aromatic carbocycles. The van der Waals surface area contributed by atoms with Crippen LogP contribution in [0.2, 0.25) is 0 Å². The first-order chi connectivity index (χ1) is 27.6. The number of ether oxygens (including phenoxy) is 3. The van der Waals surface area contributed by atoms with E-state index in [1.807, 2.05) is 21.1 Å². The Morgan fingerprint density at radius 2 is 0.930 bits per heavy atom. The highest BCUT2D eigenvalue weighted by Gasteiger charge is 2.31. The summed E-state index contributed by atoms with van der Waals surface area (Å²) in [6.07, 6.45) is 48.3. The van der Waals surface area contributed by atoms with Gasteiger partial charge in [-0.25, -0.2) is 4.79 Å². The number of unbranched alkanes of at least 4 members (excludes halogenated alkanes) is 19. The van der Waals surface area contributed by atoms with Crippen molar-refractivity contribution in [3.05, 3.63) is 60.8 Å². The van der Waals surface area contributed by atoms with E-state index < -0.39 is 18.1 Å². The number of carbonyl (C=O) groups excluding carboxylic acids is 2. The average Bonchev–Trinajstić information content (AvgIpc) is 3.17. The monoisotopic (exact) mass is 801 g/mol. The van der Waals surface area contributed by atoms with Crippen molar-refractivity contribution in [2.45, 2.75) is 193 Å². The summed E-state index contributed by atoms with van der Waals surface area (Å²) in [5.74, 6) is -1.51. The van der Waals surface area contributed by atoms with E-state index in [-0.39, 0.29) is 36.2 Å². The smallest absolute Gasteiger partial charge is 0.362 e. The van der Waals surface area contributed by atoms with Gasteiger partial charge in [0.2, 0.25) is 0 Å². The Labute approximate surface area is 349 Å². The highest BCUT2D eigenvalue weighted by molar-refractivity contribution is 5.72. The van der Waals surface area contributed by atoms with Crippen LogP contribution in [0.5, 0.6) is 0 Å². The highest BCUT2D eigenvalue weighted by Crippen LogP contribution is 2.13. The second-order valence-electron chi connectivity index (χ2n) is 16.4. The maximum Gasteiger partial charge on any atom is 0.362 e. The Balaban J connectivity index is 4.40. The number of carboxylic acids is 1. The fraction of sp³-hybridized carbons (Fsp3) is 0.735. The highest BCUT2D eigenvalue weighted by atomic mass is 16.6. The predicted molar refractivity (Wildman–Crippen MR) is 238 cm³/mol. The van der Waals surface area contributed by atoms with E-state index in [9.17, 15) is 19.5 Å². The molecule has 0 heterocycles. The normalized spacial score (nSPS) is 13.5. The van der Waals surface area contributed by atoms with Crippen molar-refractivity contribution in [2.75, 3.05) is 41.0 Å². The maximum atomic E-state index is 12.7. The van der Waals surface area contributed by atoms with Crippen molar-refractivity contribution in [3.8, 4) is 0 Å². The molecule has 0 aliphatic heterocycles. The lowest BCUT2D eigenvalue weighted by molar-refractivity contribution is -0.887. The molecule has 57 heavy (non-hydrogen) atoms. The molecule has 328 valence electrons. The van der Waals surface area contributed by atoms with Crippen LogP contribution in [-0.4, -0.2) is 80.6 Å². The summed E-state index contributed by atoms with van der Waals surface area (Å²) >= 11 is 0. The Bertz CT molecular complexity index is 1120. The van der Waals surface area contributed by atoms with E-state index in [0.717, 1.165) is 83.5 Å². The van der Waals surface area contributed by atoms with Crippen LogP contribution in [0.3, 0.4) is 0 Å². The number of carboxylic acid groups (broad SMARTS) is 1. The summed E-state index contributed by atoms with van der Waals surface area (Å²) in [7, 11) is 5.51. The molecular weight excluding hydrogens is 715 g/mol. The second-order valence-corrected chi connectivity index (χ2v) is 16.4. The first-order valence-electron chi connectivity index (χ1n) is 22.9. The van der Waals surface area contributed by atoms with E-state index in [1.54, 1.807) is 0 Å². The quantitative estimate of drug-likeness (QED) is 0.0285. The first-order valence-corrected chi connectivity index (χ1v) is 22.9. The molecule has 0 aromatic heterocycles. The zero-order valence-corrected chi connectivity index (χ0v) is 37.3. The molecule has 1 N–H and O–H groups in total. The van der Waals surface area contributed by atoms with Crippen molar-refractivity contribution >= 4 is 17.9 Å². The maximum absolute atomic E-state index is 12.7. The number of hydrogen-bond donors (Lipinski definition) is 1. The lowest BCUT2D eigenvalue weighted by Gasteiger charge is -2.31. The minimum Gasteiger partial charge on any atom is -0.477 e. The van der Waals surface area contributed by atoms with Crippen LogP contribution in [-0.2, 0) is 28.6 Å². The molecule has 0 radical (unpaired) electrons. The lowest BCUT2D eigenvalue weighted by Crippen LogP contribution is -2.50. The summed E-state index contributed by atoms with van der Waals surface area (Å²) < 4.78 is 17.3. The van der Waals surface area contributed by atoms with Crippen molar-refractivity contribution < 1.29 is 38.2 Å². The van der Waals surface area contributed by atoms with Crippen LogP contribution in [0, 0.1) is 0 Å². The van der Waals surface area contributed by atoms with Crippen molar-refractivity contribution in [2.24, 2.45) is 0 Å². The fourth-order valence-electron chi connectivity index (χ4n) is 6.38. The third-order valence-corrected chi connectivity index (χ3v) is 9.98. The molecule has 0 rings (SSSR count). The predicted octanol–water partition coefficient (Wildman–Crippen LogP) is 12.6. The lowest BCUT2D eigenvalue weighted by atomic mass is 10.1. The van der Waals surface area contributed by atoms with E-state index >= 15 is 0 Å². The summed E-state index contributed by atoms with van der Waals surface area (Å²) in [6.45, 7) is 4.65. The van der Waals surface area contributed by atoms with E-state index in [2.05, 4.69) is 74.6 Å². The Morgan fingerprint density at radius 3 is 1.40 bits per heavy atom. The summed E-state index contributed by atoms with van der Waals surface area (Å²) in [5.41, 5.74) is 0. The van der Waals surface area contributed by atoms with Crippen LogP contribution >= 0.6 is 0 Å². The van der Waals surface area contributed by atoms with Gasteiger partial charge < -0.3 is 23.8 Å². The molecule has 2 unspecified atom stereocenters. The van der Waals surface area contributed by atoms with Gasteiger partial charge in [0.25, 0.3) is 0 Å². The molecule has 0 spiro atoms. The summed E-state index contributed by atoms with van der Waals surface area (Å²) in [6, 6.07) is -0.622. The molecule has 2 atom stereocenters. The molecule has 0 aromatic rings. The summed E-state index contributed by atoms with van der Waals surface area (Å²) in [4.78, 5) is 37.0. The minimum absolute atomic E-state index is 0.0473. The van der Waals surface area contributed by atoms with Crippen molar-refractivity contribution in [1.82, 2.24) is 0 Å². The number of quaternary nitrogens is 1. The van der Waals surface area contributed by atoms with Crippen LogP contribution in [0.1, 0.15) is 181 Å². The van der Waals surface area contributed by atoms with Crippen LogP contribution in [0.25, 0.3) is 0 Å². The molecule has 0 bridgehead atoms. The molecule has 0 saturated carbocycles. The first kappa shape index (κ1) is 54.0. The van der Waals surface area contributed by atoms with E-state index in [4.69, 9.17) is 14.2 Å². The number of rotatable bonds is 40. The van der Waals surface area contributed by atoms with Gasteiger partial charge in [0.05, 0.1) is 34.4 Å². The van der Waals surface area contributed by atoms with E-state index in [1.165, 1.54) is 64.2 Å². The second kappa shape index (κ2) is 39.8. The molecule has 0 amide bonds. The number of esters is 2. The van der Waals surface area contributed by atoms with Gasteiger partial charge in [0.1, 0.15) is 6.61 Å². The molecule has 0 aliphatic carbocycles. The number of aliphatic carboxylic acids is 1. The third kappa shape index (κ3) is 38.3. The molecule has 0 fully saturated rings. The summed E-state index contributed by atoms with van der Waals surface area (Å²) in [5, 5.41) is 9.62.